The molecule has 0 fully saturated rings. The average Bonchev–Trinajstić information content (AvgIpc) is 2.53. The van der Waals surface area contributed by atoms with Crippen molar-refractivity contribution in [2.45, 2.75) is 26.1 Å². The number of rotatable bonds is 4. The Morgan fingerprint density at radius 2 is 2.00 bits per heavy atom. The van der Waals surface area contributed by atoms with Gasteiger partial charge in [0, 0.05) is 6.20 Å². The first-order chi connectivity index (χ1) is 10.9. The van der Waals surface area contributed by atoms with Crippen LogP contribution in [0.5, 0.6) is 0 Å². The van der Waals surface area contributed by atoms with Crippen LogP contribution in [0.1, 0.15) is 25.1 Å². The monoisotopic (exact) mass is 314 g/mol. The number of hydroxylamine groups is 1. The molecule has 1 aliphatic heterocycles. The minimum atomic E-state index is -0.952. The van der Waals surface area contributed by atoms with Crippen LogP contribution in [0.4, 0.5) is 10.1 Å². The van der Waals surface area contributed by atoms with Gasteiger partial charge in [-0.2, -0.15) is 0 Å². The zero-order valence-electron chi connectivity index (χ0n) is 13.2. The van der Waals surface area contributed by atoms with Crippen LogP contribution < -0.4 is 5.06 Å². The fourth-order valence-corrected chi connectivity index (χ4v) is 2.40. The Morgan fingerprint density at radius 1 is 1.26 bits per heavy atom. The predicted octanol–water partition coefficient (Wildman–Crippen LogP) is 3.33. The second-order valence-electron chi connectivity index (χ2n) is 6.07. The van der Waals surface area contributed by atoms with Gasteiger partial charge in [-0.15, -0.1) is 0 Å². The Kier molecular flexibility index (Phi) is 4.15. The van der Waals surface area contributed by atoms with Gasteiger partial charge in [0.1, 0.15) is 5.82 Å². The van der Waals surface area contributed by atoms with Gasteiger partial charge in [-0.25, -0.2) is 9.45 Å². The molecule has 0 saturated carbocycles. The van der Waals surface area contributed by atoms with Crippen LogP contribution in [-0.4, -0.2) is 22.2 Å². The highest BCUT2D eigenvalue weighted by molar-refractivity contribution is 5.70. The van der Waals surface area contributed by atoms with Crippen molar-refractivity contribution in [3.8, 4) is 0 Å². The number of anilines is 1. The smallest absolute Gasteiger partial charge is 0.123 e. The second-order valence-corrected chi connectivity index (χ2v) is 6.07. The Bertz CT molecular complexity index is 721. The number of halogens is 1. The molecule has 0 unspecified atom stereocenters. The van der Waals surface area contributed by atoms with E-state index in [0.717, 1.165) is 22.5 Å². The fraction of sp³-hybridized carbons (Fsp3) is 0.278. The molecular formula is C18H19FN2O2. The number of pyridine rings is 1. The summed E-state index contributed by atoms with van der Waals surface area (Å²) in [5.41, 5.74) is 2.35. The van der Waals surface area contributed by atoms with Gasteiger partial charge in [-0.3, -0.25) is 9.82 Å². The van der Waals surface area contributed by atoms with E-state index in [-0.39, 0.29) is 5.82 Å². The van der Waals surface area contributed by atoms with Gasteiger partial charge in [0.2, 0.25) is 0 Å². The van der Waals surface area contributed by atoms with Crippen molar-refractivity contribution in [2.24, 2.45) is 0 Å². The molecular weight excluding hydrogens is 295 g/mol. The summed E-state index contributed by atoms with van der Waals surface area (Å²) in [5, 5.41) is 12.0. The van der Waals surface area contributed by atoms with E-state index in [9.17, 15) is 9.50 Å². The minimum Gasteiger partial charge on any atom is -0.386 e. The van der Waals surface area contributed by atoms with Crippen molar-refractivity contribution in [3.05, 3.63) is 65.2 Å². The van der Waals surface area contributed by atoms with E-state index in [1.54, 1.807) is 37.2 Å². The first kappa shape index (κ1) is 15.6. The molecule has 3 rings (SSSR count). The van der Waals surface area contributed by atoms with Crippen LogP contribution in [0.3, 0.4) is 0 Å². The third-order valence-corrected chi connectivity index (χ3v) is 3.80. The van der Waals surface area contributed by atoms with Gasteiger partial charge in [-0.05, 0) is 55.3 Å². The normalized spacial score (nSPS) is 14.4. The summed E-state index contributed by atoms with van der Waals surface area (Å²) in [5.74, 6) is -0.270. The quantitative estimate of drug-likeness (QED) is 0.940. The van der Waals surface area contributed by atoms with Gasteiger partial charge >= 0.3 is 0 Å². The molecule has 120 valence electrons. The van der Waals surface area contributed by atoms with E-state index in [4.69, 9.17) is 4.84 Å². The molecule has 5 heteroatoms. The first-order valence-corrected chi connectivity index (χ1v) is 7.47. The van der Waals surface area contributed by atoms with Crippen LogP contribution in [0.15, 0.2) is 48.2 Å². The highest BCUT2D eigenvalue weighted by atomic mass is 19.1. The van der Waals surface area contributed by atoms with Crippen LogP contribution in [0, 0.1) is 5.82 Å². The van der Waals surface area contributed by atoms with E-state index < -0.39 is 5.60 Å². The maximum absolute atomic E-state index is 13.0. The number of aromatic nitrogens is 1. The van der Waals surface area contributed by atoms with Crippen molar-refractivity contribution >= 4 is 11.8 Å². The van der Waals surface area contributed by atoms with E-state index >= 15 is 0 Å². The Labute approximate surface area is 134 Å². The third kappa shape index (κ3) is 3.57. The lowest BCUT2D eigenvalue weighted by Gasteiger charge is -2.33. The molecule has 0 atom stereocenters. The van der Waals surface area contributed by atoms with E-state index in [0.29, 0.717) is 13.2 Å². The Balaban J connectivity index is 1.81. The highest BCUT2D eigenvalue weighted by Crippen LogP contribution is 2.31. The number of nitrogens with zero attached hydrogens (tertiary/aromatic N) is 2. The summed E-state index contributed by atoms with van der Waals surface area (Å²) in [4.78, 5) is 10.2. The molecule has 0 bridgehead atoms. The molecule has 1 aliphatic rings. The Morgan fingerprint density at radius 3 is 2.70 bits per heavy atom. The van der Waals surface area contributed by atoms with Crippen LogP contribution in [-0.2, 0) is 11.4 Å². The molecule has 2 heterocycles. The van der Waals surface area contributed by atoms with E-state index in [1.165, 1.54) is 12.1 Å². The number of benzene rings is 1. The highest BCUT2D eigenvalue weighted by Gasteiger charge is 2.27. The maximum atomic E-state index is 13.0. The van der Waals surface area contributed by atoms with E-state index in [2.05, 4.69) is 4.98 Å². The molecule has 1 aromatic heterocycles. The largest absolute Gasteiger partial charge is 0.386 e. The molecule has 0 amide bonds. The van der Waals surface area contributed by atoms with Crippen molar-refractivity contribution in [2.75, 3.05) is 11.6 Å². The maximum Gasteiger partial charge on any atom is 0.123 e. The standard InChI is InChI=1S/C18H19FN2O2/c1-18(2,22)14-10-16-17(4-3-9-20-16)21(11-14)23-12-13-5-7-15(19)8-6-13/h3-10,22H,11-12H2,1-2H3. The lowest BCUT2D eigenvalue weighted by Crippen LogP contribution is -2.36. The zero-order chi connectivity index (χ0) is 16.4. The molecule has 2 aromatic rings. The Hall–Kier alpha value is -2.24. The molecule has 4 nitrogen and oxygen atoms in total. The number of hydrogen-bond acceptors (Lipinski definition) is 4. The molecule has 0 aliphatic carbocycles. The summed E-state index contributed by atoms with van der Waals surface area (Å²) in [6, 6.07) is 9.96. The summed E-state index contributed by atoms with van der Waals surface area (Å²) in [6.45, 7) is 4.24. The number of fused-ring (bicyclic) bond motifs is 1. The molecule has 1 N–H and O–H groups in total. The summed E-state index contributed by atoms with van der Waals surface area (Å²) < 4.78 is 13.0. The summed E-state index contributed by atoms with van der Waals surface area (Å²) in [6.07, 6.45) is 3.61. The molecule has 1 aromatic carbocycles. The first-order valence-electron chi connectivity index (χ1n) is 7.47. The van der Waals surface area contributed by atoms with Crippen molar-refractivity contribution < 1.29 is 14.3 Å². The molecule has 23 heavy (non-hydrogen) atoms. The summed E-state index contributed by atoms with van der Waals surface area (Å²) in [7, 11) is 0. The van der Waals surface area contributed by atoms with Crippen molar-refractivity contribution in [1.82, 2.24) is 4.98 Å². The molecule has 0 saturated heterocycles. The summed E-state index contributed by atoms with van der Waals surface area (Å²) >= 11 is 0. The van der Waals surface area contributed by atoms with Gasteiger partial charge in [0.15, 0.2) is 0 Å². The van der Waals surface area contributed by atoms with Gasteiger partial charge in [0.05, 0.1) is 30.1 Å². The van der Waals surface area contributed by atoms with Gasteiger partial charge in [0.25, 0.3) is 0 Å². The predicted molar refractivity (Wildman–Crippen MR) is 87.0 cm³/mol. The third-order valence-electron chi connectivity index (χ3n) is 3.80. The minimum absolute atomic E-state index is 0.270. The lowest BCUT2D eigenvalue weighted by atomic mass is 9.94. The number of hydrogen-bond donors (Lipinski definition) is 1. The number of aliphatic hydroxyl groups is 1. The zero-order valence-corrected chi connectivity index (χ0v) is 13.2. The van der Waals surface area contributed by atoms with Gasteiger partial charge in [-0.1, -0.05) is 12.1 Å². The molecule has 0 radical (unpaired) electrons. The van der Waals surface area contributed by atoms with Crippen LogP contribution >= 0.6 is 0 Å². The SMILES string of the molecule is CC(C)(O)C1=Cc2ncccc2N(OCc2ccc(F)cc2)C1. The average molecular weight is 314 g/mol. The fourth-order valence-electron chi connectivity index (χ4n) is 2.40. The van der Waals surface area contributed by atoms with Crippen LogP contribution in [0.25, 0.3) is 6.08 Å². The molecule has 0 spiro atoms. The lowest BCUT2D eigenvalue weighted by molar-refractivity contribution is 0.0798. The van der Waals surface area contributed by atoms with E-state index in [1.807, 2.05) is 18.2 Å². The van der Waals surface area contributed by atoms with Crippen LogP contribution in [0.2, 0.25) is 0 Å². The van der Waals surface area contributed by atoms with Gasteiger partial charge < -0.3 is 5.11 Å². The van der Waals surface area contributed by atoms with Crippen molar-refractivity contribution in [3.63, 3.8) is 0 Å². The second kappa shape index (κ2) is 6.10. The van der Waals surface area contributed by atoms with Crippen molar-refractivity contribution in [1.29, 1.82) is 0 Å². The topological polar surface area (TPSA) is 45.6 Å².